The van der Waals surface area contributed by atoms with Gasteiger partial charge in [-0.05, 0) is 12.1 Å². The zero-order valence-corrected chi connectivity index (χ0v) is 10.1. The van der Waals surface area contributed by atoms with Crippen LogP contribution in [0.5, 0.6) is 0 Å². The van der Waals surface area contributed by atoms with E-state index in [1.807, 2.05) is 17.8 Å². The minimum atomic E-state index is -0.196. The monoisotopic (exact) mass is 249 g/mol. The third-order valence-electron chi connectivity index (χ3n) is 2.45. The first-order valence-corrected chi connectivity index (χ1v) is 5.55. The Balaban J connectivity index is 2.04. The highest BCUT2D eigenvalue weighted by Gasteiger charge is 2.09. The molecular weight excluding hydrogens is 238 g/mol. The number of aryl methyl sites for hydroxylation is 1. The number of carbonyl (C=O) groups excluding carboxylic acids is 1. The maximum atomic E-state index is 11.8. The normalized spacial score (nSPS) is 10.2. The Morgan fingerprint density at radius 3 is 2.88 bits per heavy atom. The first-order chi connectivity index (χ1) is 8.18. The summed E-state index contributed by atoms with van der Waals surface area (Å²) in [5, 5.41) is 3.23. The van der Waals surface area contributed by atoms with Gasteiger partial charge in [-0.15, -0.1) is 0 Å². The second kappa shape index (κ2) is 5.01. The van der Waals surface area contributed by atoms with Crippen LogP contribution in [-0.2, 0) is 13.6 Å². The lowest BCUT2D eigenvalue weighted by atomic mass is 10.2. The molecular formula is C12H12ClN3O. The SMILES string of the molecule is Cn1ccnc1CNC(=O)c1ccccc1Cl. The minimum absolute atomic E-state index is 0.196. The smallest absolute Gasteiger partial charge is 0.253 e. The Kier molecular flexibility index (Phi) is 3.44. The third kappa shape index (κ3) is 2.65. The van der Waals surface area contributed by atoms with Crippen molar-refractivity contribution in [2.75, 3.05) is 0 Å². The van der Waals surface area contributed by atoms with Gasteiger partial charge in [-0.2, -0.15) is 0 Å². The molecule has 0 radical (unpaired) electrons. The number of benzene rings is 1. The van der Waals surface area contributed by atoms with E-state index in [1.165, 1.54) is 0 Å². The molecule has 0 aliphatic heterocycles. The third-order valence-corrected chi connectivity index (χ3v) is 2.78. The lowest BCUT2D eigenvalue weighted by molar-refractivity contribution is 0.0950. The van der Waals surface area contributed by atoms with Crippen LogP contribution in [0.3, 0.4) is 0 Å². The molecule has 0 aliphatic rings. The van der Waals surface area contributed by atoms with Gasteiger partial charge in [-0.25, -0.2) is 4.98 Å². The molecule has 5 heteroatoms. The van der Waals surface area contributed by atoms with E-state index < -0.39 is 0 Å². The van der Waals surface area contributed by atoms with E-state index in [9.17, 15) is 4.79 Å². The average molecular weight is 250 g/mol. The molecule has 0 saturated carbocycles. The molecule has 17 heavy (non-hydrogen) atoms. The molecule has 1 N–H and O–H groups in total. The highest BCUT2D eigenvalue weighted by Crippen LogP contribution is 2.14. The standard InChI is InChI=1S/C12H12ClN3O/c1-16-7-6-14-11(16)8-15-12(17)9-4-2-3-5-10(9)13/h2-7H,8H2,1H3,(H,15,17). The van der Waals surface area contributed by atoms with Gasteiger partial charge in [0.05, 0.1) is 17.1 Å². The maximum Gasteiger partial charge on any atom is 0.253 e. The van der Waals surface area contributed by atoms with Crippen LogP contribution < -0.4 is 5.32 Å². The average Bonchev–Trinajstić information content (AvgIpc) is 2.72. The molecule has 1 amide bonds. The summed E-state index contributed by atoms with van der Waals surface area (Å²) >= 11 is 5.93. The van der Waals surface area contributed by atoms with Gasteiger partial charge >= 0.3 is 0 Å². The van der Waals surface area contributed by atoms with Crippen LogP contribution in [0.25, 0.3) is 0 Å². The van der Waals surface area contributed by atoms with Gasteiger partial charge in [0.25, 0.3) is 5.91 Å². The molecule has 1 aromatic heterocycles. The fraction of sp³-hybridized carbons (Fsp3) is 0.167. The van der Waals surface area contributed by atoms with E-state index in [-0.39, 0.29) is 5.91 Å². The molecule has 1 aromatic carbocycles. The van der Waals surface area contributed by atoms with E-state index in [0.717, 1.165) is 5.82 Å². The van der Waals surface area contributed by atoms with Crippen molar-refractivity contribution in [2.24, 2.45) is 7.05 Å². The lowest BCUT2D eigenvalue weighted by Crippen LogP contribution is -2.24. The number of nitrogens with zero attached hydrogens (tertiary/aromatic N) is 2. The summed E-state index contributed by atoms with van der Waals surface area (Å²) in [4.78, 5) is 16.0. The van der Waals surface area contributed by atoms with Crippen molar-refractivity contribution >= 4 is 17.5 Å². The van der Waals surface area contributed by atoms with Crippen LogP contribution >= 0.6 is 11.6 Å². The van der Waals surface area contributed by atoms with E-state index in [1.54, 1.807) is 30.5 Å². The molecule has 0 bridgehead atoms. The Bertz CT molecular complexity index is 536. The zero-order valence-electron chi connectivity index (χ0n) is 9.35. The van der Waals surface area contributed by atoms with E-state index >= 15 is 0 Å². The molecule has 0 spiro atoms. The van der Waals surface area contributed by atoms with E-state index in [0.29, 0.717) is 17.1 Å². The van der Waals surface area contributed by atoms with Gasteiger partial charge in [0.2, 0.25) is 0 Å². The molecule has 2 rings (SSSR count). The summed E-state index contributed by atoms with van der Waals surface area (Å²) in [6, 6.07) is 6.95. The molecule has 0 saturated heterocycles. The van der Waals surface area contributed by atoms with Gasteiger partial charge in [0.15, 0.2) is 0 Å². The summed E-state index contributed by atoms with van der Waals surface area (Å²) in [7, 11) is 1.88. The van der Waals surface area contributed by atoms with Crippen molar-refractivity contribution < 1.29 is 4.79 Å². The Morgan fingerprint density at radius 1 is 1.47 bits per heavy atom. The first-order valence-electron chi connectivity index (χ1n) is 5.17. The second-order valence-corrected chi connectivity index (χ2v) is 4.02. The number of amides is 1. The predicted octanol–water partition coefficient (Wildman–Crippen LogP) is 2.00. The minimum Gasteiger partial charge on any atom is -0.345 e. The van der Waals surface area contributed by atoms with Crippen LogP contribution in [0.4, 0.5) is 0 Å². The topological polar surface area (TPSA) is 46.9 Å². The molecule has 0 aliphatic carbocycles. The van der Waals surface area contributed by atoms with E-state index in [4.69, 9.17) is 11.6 Å². The molecule has 88 valence electrons. The number of aromatic nitrogens is 2. The van der Waals surface area contributed by atoms with Crippen LogP contribution in [-0.4, -0.2) is 15.5 Å². The summed E-state index contributed by atoms with van der Waals surface area (Å²) in [6.07, 6.45) is 3.52. The Morgan fingerprint density at radius 2 is 2.24 bits per heavy atom. The number of rotatable bonds is 3. The van der Waals surface area contributed by atoms with Gasteiger partial charge in [0, 0.05) is 19.4 Å². The second-order valence-electron chi connectivity index (χ2n) is 3.62. The molecule has 2 aromatic rings. The highest BCUT2D eigenvalue weighted by molar-refractivity contribution is 6.33. The van der Waals surface area contributed by atoms with Crippen molar-refractivity contribution in [1.29, 1.82) is 0 Å². The van der Waals surface area contributed by atoms with Crippen molar-refractivity contribution in [3.63, 3.8) is 0 Å². The number of halogens is 1. The number of hydrogen-bond acceptors (Lipinski definition) is 2. The van der Waals surface area contributed by atoms with Gasteiger partial charge in [-0.3, -0.25) is 4.79 Å². The largest absolute Gasteiger partial charge is 0.345 e. The van der Waals surface area contributed by atoms with Crippen LogP contribution in [0, 0.1) is 0 Å². The van der Waals surface area contributed by atoms with Crippen LogP contribution in [0.15, 0.2) is 36.7 Å². The summed E-state index contributed by atoms with van der Waals surface area (Å²) < 4.78 is 1.85. The van der Waals surface area contributed by atoms with Crippen molar-refractivity contribution in [3.05, 3.63) is 53.1 Å². The quantitative estimate of drug-likeness (QED) is 0.905. The maximum absolute atomic E-state index is 11.8. The number of carbonyl (C=O) groups is 1. The highest BCUT2D eigenvalue weighted by atomic mass is 35.5. The van der Waals surface area contributed by atoms with Crippen LogP contribution in [0.1, 0.15) is 16.2 Å². The molecule has 0 fully saturated rings. The van der Waals surface area contributed by atoms with Crippen molar-refractivity contribution in [2.45, 2.75) is 6.54 Å². The van der Waals surface area contributed by atoms with Gasteiger partial charge in [-0.1, -0.05) is 23.7 Å². The fourth-order valence-corrected chi connectivity index (χ4v) is 1.69. The zero-order chi connectivity index (χ0) is 12.3. The van der Waals surface area contributed by atoms with E-state index in [2.05, 4.69) is 10.3 Å². The molecule has 0 atom stereocenters. The summed E-state index contributed by atoms with van der Waals surface area (Å²) in [6.45, 7) is 0.382. The predicted molar refractivity (Wildman–Crippen MR) is 65.8 cm³/mol. The number of imidazole rings is 1. The fourth-order valence-electron chi connectivity index (χ4n) is 1.47. The Hall–Kier alpha value is -1.81. The van der Waals surface area contributed by atoms with Gasteiger partial charge < -0.3 is 9.88 Å². The lowest BCUT2D eigenvalue weighted by Gasteiger charge is -2.06. The molecule has 0 unspecified atom stereocenters. The number of hydrogen-bond donors (Lipinski definition) is 1. The molecule has 1 heterocycles. The summed E-state index contributed by atoms with van der Waals surface area (Å²) in [5.41, 5.74) is 0.475. The van der Waals surface area contributed by atoms with Crippen LogP contribution in [0.2, 0.25) is 5.02 Å². The van der Waals surface area contributed by atoms with Crippen molar-refractivity contribution in [1.82, 2.24) is 14.9 Å². The van der Waals surface area contributed by atoms with Crippen molar-refractivity contribution in [3.8, 4) is 0 Å². The first kappa shape index (κ1) is 11.7. The molecule has 4 nitrogen and oxygen atoms in total. The summed E-state index contributed by atoms with van der Waals surface area (Å²) in [5.74, 6) is 0.601. The Labute approximate surface area is 104 Å². The van der Waals surface area contributed by atoms with Gasteiger partial charge in [0.1, 0.15) is 5.82 Å². The number of nitrogens with one attached hydrogen (secondary N) is 1.